The highest BCUT2D eigenvalue weighted by molar-refractivity contribution is 7.89. The van der Waals surface area contributed by atoms with Crippen LogP contribution in [0.15, 0.2) is 29.2 Å². The van der Waals surface area contributed by atoms with Crippen LogP contribution in [-0.4, -0.2) is 20.9 Å². The summed E-state index contributed by atoms with van der Waals surface area (Å²) >= 11 is 0. The summed E-state index contributed by atoms with van der Waals surface area (Å²) in [5.41, 5.74) is 0.916. The molecular weight excluding hydrogens is 288 g/mol. The van der Waals surface area contributed by atoms with E-state index in [1.807, 2.05) is 0 Å². The van der Waals surface area contributed by atoms with Crippen LogP contribution in [0.1, 0.15) is 38.7 Å². The summed E-state index contributed by atoms with van der Waals surface area (Å²) in [7, 11) is -3.65. The third-order valence-corrected chi connectivity index (χ3v) is 4.10. The van der Waals surface area contributed by atoms with Crippen molar-refractivity contribution in [3.63, 3.8) is 0 Å². The summed E-state index contributed by atoms with van der Waals surface area (Å²) < 4.78 is 22.2. The first-order chi connectivity index (χ1) is 9.79. The Morgan fingerprint density at radius 2 is 1.86 bits per heavy atom. The fraction of sp³-hybridized carbons (Fsp3) is 0.533. The first-order valence-corrected chi connectivity index (χ1v) is 8.72. The molecule has 1 rings (SSSR count). The van der Waals surface area contributed by atoms with E-state index < -0.39 is 10.0 Å². The molecule has 1 amide bonds. The zero-order chi connectivity index (χ0) is 15.9. The maximum Gasteiger partial charge on any atom is 0.238 e. The van der Waals surface area contributed by atoms with Crippen LogP contribution in [0.5, 0.6) is 0 Å². The third-order valence-electron chi connectivity index (χ3n) is 3.17. The molecule has 0 unspecified atom stereocenters. The summed E-state index contributed by atoms with van der Waals surface area (Å²) in [6, 6.07) is 6.30. The molecule has 0 fully saturated rings. The van der Waals surface area contributed by atoms with E-state index in [4.69, 9.17) is 5.14 Å². The first kappa shape index (κ1) is 17.7. The number of nitrogens with two attached hydrogens (primary N) is 1. The zero-order valence-corrected chi connectivity index (χ0v) is 13.4. The molecule has 0 aliphatic rings. The van der Waals surface area contributed by atoms with E-state index in [1.54, 1.807) is 12.1 Å². The van der Waals surface area contributed by atoms with Crippen LogP contribution < -0.4 is 10.5 Å². The van der Waals surface area contributed by atoms with Crippen molar-refractivity contribution < 1.29 is 13.2 Å². The maximum absolute atomic E-state index is 11.7. The van der Waals surface area contributed by atoms with Crippen molar-refractivity contribution in [2.75, 3.05) is 6.54 Å². The van der Waals surface area contributed by atoms with Crippen molar-refractivity contribution in [1.29, 1.82) is 0 Å². The molecule has 0 saturated carbocycles. The minimum absolute atomic E-state index is 0.0225. The first-order valence-electron chi connectivity index (χ1n) is 7.17. The highest BCUT2D eigenvalue weighted by Crippen LogP contribution is 2.10. The lowest BCUT2D eigenvalue weighted by atomic mass is 10.1. The molecule has 0 heterocycles. The van der Waals surface area contributed by atoms with Crippen molar-refractivity contribution in [3.8, 4) is 0 Å². The average Bonchev–Trinajstić information content (AvgIpc) is 2.40. The Balaban J connectivity index is 2.33. The van der Waals surface area contributed by atoms with Gasteiger partial charge in [0.2, 0.25) is 15.9 Å². The number of carbonyl (C=O) groups is 1. The van der Waals surface area contributed by atoms with Gasteiger partial charge in [0.05, 0.1) is 4.90 Å². The molecule has 3 N–H and O–H groups in total. The van der Waals surface area contributed by atoms with E-state index in [0.717, 1.165) is 18.4 Å². The van der Waals surface area contributed by atoms with E-state index in [9.17, 15) is 13.2 Å². The number of benzene rings is 1. The Morgan fingerprint density at radius 3 is 2.38 bits per heavy atom. The number of primary sulfonamides is 1. The Morgan fingerprint density at radius 1 is 1.24 bits per heavy atom. The number of aryl methyl sites for hydroxylation is 1. The number of nitrogens with one attached hydrogen (secondary N) is 1. The third kappa shape index (κ3) is 7.24. The second-order valence-corrected chi connectivity index (χ2v) is 7.14. The largest absolute Gasteiger partial charge is 0.356 e. The van der Waals surface area contributed by atoms with Crippen LogP contribution in [0.4, 0.5) is 0 Å². The van der Waals surface area contributed by atoms with Gasteiger partial charge in [-0.3, -0.25) is 4.79 Å². The van der Waals surface area contributed by atoms with Crippen LogP contribution >= 0.6 is 0 Å². The van der Waals surface area contributed by atoms with Crippen LogP contribution in [-0.2, 0) is 21.2 Å². The van der Waals surface area contributed by atoms with E-state index >= 15 is 0 Å². The van der Waals surface area contributed by atoms with Gasteiger partial charge in [-0.25, -0.2) is 13.6 Å². The van der Waals surface area contributed by atoms with E-state index in [2.05, 4.69) is 19.2 Å². The Hall–Kier alpha value is -1.40. The second-order valence-electron chi connectivity index (χ2n) is 5.57. The van der Waals surface area contributed by atoms with Gasteiger partial charge in [0.15, 0.2) is 0 Å². The maximum atomic E-state index is 11.7. The van der Waals surface area contributed by atoms with Crippen LogP contribution in [0.25, 0.3) is 0 Å². The number of rotatable bonds is 8. The highest BCUT2D eigenvalue weighted by Gasteiger charge is 2.07. The number of sulfonamides is 1. The molecule has 0 aliphatic heterocycles. The molecule has 1 aromatic rings. The molecule has 21 heavy (non-hydrogen) atoms. The fourth-order valence-electron chi connectivity index (χ4n) is 1.93. The quantitative estimate of drug-likeness (QED) is 0.718. The molecule has 0 saturated heterocycles. The molecule has 0 spiro atoms. The Kier molecular flexibility index (Phi) is 6.84. The lowest BCUT2D eigenvalue weighted by Gasteiger charge is -2.07. The molecule has 1 aromatic carbocycles. The van der Waals surface area contributed by atoms with E-state index in [0.29, 0.717) is 25.3 Å². The lowest BCUT2D eigenvalue weighted by molar-refractivity contribution is -0.121. The molecule has 6 heteroatoms. The number of amides is 1. The molecule has 5 nitrogen and oxygen atoms in total. The molecule has 0 bridgehead atoms. The smallest absolute Gasteiger partial charge is 0.238 e. The minimum atomic E-state index is -3.65. The lowest BCUT2D eigenvalue weighted by Crippen LogP contribution is -2.24. The molecule has 0 radical (unpaired) electrons. The monoisotopic (exact) mass is 312 g/mol. The topological polar surface area (TPSA) is 89.3 Å². The average molecular weight is 312 g/mol. The number of hydrogen-bond donors (Lipinski definition) is 2. The Bertz CT molecular complexity index is 551. The molecule has 0 aliphatic carbocycles. The summed E-state index contributed by atoms with van der Waals surface area (Å²) in [5.74, 6) is 0.675. The van der Waals surface area contributed by atoms with Crippen molar-refractivity contribution in [2.24, 2.45) is 11.1 Å². The predicted molar refractivity (Wildman–Crippen MR) is 83.2 cm³/mol. The summed E-state index contributed by atoms with van der Waals surface area (Å²) in [4.78, 5) is 11.7. The van der Waals surface area contributed by atoms with Gasteiger partial charge in [-0.2, -0.15) is 0 Å². The molecule has 0 atom stereocenters. The van der Waals surface area contributed by atoms with Gasteiger partial charge in [-0.15, -0.1) is 0 Å². The van der Waals surface area contributed by atoms with Crippen LogP contribution in [0, 0.1) is 5.92 Å². The summed E-state index contributed by atoms with van der Waals surface area (Å²) in [5, 5.41) is 7.92. The van der Waals surface area contributed by atoms with E-state index in [1.165, 1.54) is 12.1 Å². The summed E-state index contributed by atoms with van der Waals surface area (Å²) in [6.07, 6.45) is 3.08. The second kappa shape index (κ2) is 8.14. The molecular formula is C15H24N2O3S. The summed E-state index contributed by atoms with van der Waals surface area (Å²) in [6.45, 7) is 5.03. The van der Waals surface area contributed by atoms with Crippen LogP contribution in [0.3, 0.4) is 0 Å². The molecule has 0 aromatic heterocycles. The van der Waals surface area contributed by atoms with Gasteiger partial charge < -0.3 is 5.32 Å². The van der Waals surface area contributed by atoms with Crippen molar-refractivity contribution in [3.05, 3.63) is 29.8 Å². The van der Waals surface area contributed by atoms with Gasteiger partial charge >= 0.3 is 0 Å². The number of carbonyl (C=O) groups excluding carboxylic acids is 1. The van der Waals surface area contributed by atoms with Crippen molar-refractivity contribution >= 4 is 15.9 Å². The normalized spacial score (nSPS) is 11.6. The highest BCUT2D eigenvalue weighted by atomic mass is 32.2. The van der Waals surface area contributed by atoms with Crippen molar-refractivity contribution in [1.82, 2.24) is 5.32 Å². The SMILES string of the molecule is CC(C)CCCNC(=O)CCc1ccc(S(N)(=O)=O)cc1. The van der Waals surface area contributed by atoms with Gasteiger partial charge in [0.1, 0.15) is 0 Å². The minimum Gasteiger partial charge on any atom is -0.356 e. The predicted octanol–water partition coefficient (Wildman–Crippen LogP) is 1.82. The van der Waals surface area contributed by atoms with Gasteiger partial charge in [-0.05, 0) is 42.9 Å². The standard InChI is InChI=1S/C15H24N2O3S/c1-12(2)4-3-11-17-15(18)10-7-13-5-8-14(9-6-13)21(16,19)20/h5-6,8-9,12H,3-4,7,10-11H2,1-2H3,(H,17,18)(H2,16,19,20). The van der Waals surface area contributed by atoms with Gasteiger partial charge in [-0.1, -0.05) is 26.0 Å². The van der Waals surface area contributed by atoms with E-state index in [-0.39, 0.29) is 10.8 Å². The fourth-order valence-corrected chi connectivity index (χ4v) is 2.45. The van der Waals surface area contributed by atoms with Gasteiger partial charge in [0, 0.05) is 13.0 Å². The number of hydrogen-bond acceptors (Lipinski definition) is 3. The molecule has 118 valence electrons. The van der Waals surface area contributed by atoms with Crippen molar-refractivity contribution in [2.45, 2.75) is 44.4 Å². The van der Waals surface area contributed by atoms with Crippen LogP contribution in [0.2, 0.25) is 0 Å². The zero-order valence-electron chi connectivity index (χ0n) is 12.6. The Labute approximate surface area is 127 Å². The van der Waals surface area contributed by atoms with Gasteiger partial charge in [0.25, 0.3) is 0 Å².